The highest BCUT2D eigenvalue weighted by Crippen LogP contribution is 2.29. The molecule has 0 aliphatic carbocycles. The van der Waals surface area contributed by atoms with Crippen molar-refractivity contribution in [2.24, 2.45) is 29.4 Å². The van der Waals surface area contributed by atoms with E-state index in [9.17, 15) is 33.9 Å². The van der Waals surface area contributed by atoms with Crippen LogP contribution < -0.4 is 16.4 Å². The number of carbonyl (C=O) groups is 6. The maximum absolute atomic E-state index is 14.1. The molecule has 1 aromatic carbocycles. The van der Waals surface area contributed by atoms with Crippen LogP contribution in [-0.2, 0) is 24.0 Å². The molecule has 0 spiro atoms. The lowest BCUT2D eigenvalue weighted by molar-refractivity contribution is -0.148. The minimum Gasteiger partial charge on any atom is -0.392 e. The fraction of sp³-hybridized carbons (Fsp3) is 0.700. The molecular formula is C40H62N6O7. The van der Waals surface area contributed by atoms with Crippen LogP contribution in [0, 0.1) is 23.7 Å². The smallest absolute Gasteiger partial charge is 0.254 e. The number of nitrogens with one attached hydrogen (secondary N) is 2. The molecule has 3 aliphatic heterocycles. The molecule has 8 atom stereocenters. The monoisotopic (exact) mass is 738 g/mol. The summed E-state index contributed by atoms with van der Waals surface area (Å²) in [5, 5.41) is 17.5. The maximum atomic E-state index is 14.1. The standard InChI is InChI=1S/C40H62N6O7/c1-7-26(6)34(37(50)42-33(25(4)5)40(53)46-21-13-18-31(46)39(52)45-20-12-17-30(45)35(41)48)43-36(49)29(22-24(2)3)32(47)23-28-16-11-19-44(28)38(51)27-14-9-8-10-15-27/h8-10,14-15,24-26,28-34,47H,7,11-13,16-23H2,1-6H3,(H2,41,48)(H,42,50)(H,43,49)/t26-,28-,29+,30-,31-,32-,33-,34-/m1/s1. The molecule has 0 radical (unpaired) electrons. The van der Waals surface area contributed by atoms with Gasteiger partial charge in [0.25, 0.3) is 5.91 Å². The van der Waals surface area contributed by atoms with Gasteiger partial charge in [-0.25, -0.2) is 0 Å². The lowest BCUT2D eigenvalue weighted by Crippen LogP contribution is -2.60. The van der Waals surface area contributed by atoms with Gasteiger partial charge in [0.1, 0.15) is 24.2 Å². The molecule has 3 fully saturated rings. The van der Waals surface area contributed by atoms with Gasteiger partial charge in [0.2, 0.25) is 29.5 Å². The number of aliphatic hydroxyl groups is 1. The van der Waals surface area contributed by atoms with Crippen LogP contribution in [0.1, 0.15) is 110 Å². The molecule has 294 valence electrons. The quantitative estimate of drug-likeness (QED) is 0.201. The van der Waals surface area contributed by atoms with Crippen LogP contribution in [0.4, 0.5) is 0 Å². The van der Waals surface area contributed by atoms with Gasteiger partial charge in [-0.15, -0.1) is 0 Å². The molecule has 0 unspecified atom stereocenters. The number of nitrogens with two attached hydrogens (primary N) is 1. The normalized spacial score (nSPS) is 23.1. The molecule has 3 saturated heterocycles. The Labute approximate surface area is 314 Å². The summed E-state index contributed by atoms with van der Waals surface area (Å²) in [6.07, 6.45) is 3.89. The molecule has 53 heavy (non-hydrogen) atoms. The SMILES string of the molecule is CC[C@@H](C)[C@@H](NC(=O)[C@@H](CC(C)C)[C@H](O)C[C@H]1CCCN1C(=O)c1ccccc1)C(=O)N[C@@H](C(=O)N1CCC[C@@H]1C(=O)N1CCC[C@@H]1C(N)=O)C(C)C. The number of likely N-dealkylation sites (tertiary alicyclic amines) is 3. The number of hydrogen-bond acceptors (Lipinski definition) is 7. The van der Waals surface area contributed by atoms with E-state index in [1.807, 2.05) is 59.7 Å². The minimum absolute atomic E-state index is 0.0692. The van der Waals surface area contributed by atoms with Crippen molar-refractivity contribution in [1.82, 2.24) is 25.3 Å². The van der Waals surface area contributed by atoms with Gasteiger partial charge in [-0.1, -0.05) is 66.2 Å². The molecule has 4 rings (SSSR count). The van der Waals surface area contributed by atoms with E-state index < -0.39 is 53.9 Å². The van der Waals surface area contributed by atoms with Gasteiger partial charge >= 0.3 is 0 Å². The molecule has 0 saturated carbocycles. The van der Waals surface area contributed by atoms with Crippen LogP contribution in [0.25, 0.3) is 0 Å². The first-order valence-corrected chi connectivity index (χ1v) is 19.7. The van der Waals surface area contributed by atoms with E-state index in [0.29, 0.717) is 63.7 Å². The van der Waals surface area contributed by atoms with E-state index in [1.165, 1.54) is 9.80 Å². The third-order valence-electron chi connectivity index (χ3n) is 11.4. The van der Waals surface area contributed by atoms with Gasteiger partial charge in [0, 0.05) is 31.2 Å². The van der Waals surface area contributed by atoms with Crippen molar-refractivity contribution in [2.75, 3.05) is 19.6 Å². The number of nitrogens with zero attached hydrogens (tertiary/aromatic N) is 3. The Morgan fingerprint density at radius 1 is 0.792 bits per heavy atom. The van der Waals surface area contributed by atoms with Crippen molar-refractivity contribution in [1.29, 1.82) is 0 Å². The van der Waals surface area contributed by atoms with Crippen LogP contribution >= 0.6 is 0 Å². The first-order valence-electron chi connectivity index (χ1n) is 19.7. The van der Waals surface area contributed by atoms with Gasteiger partial charge in [0.15, 0.2) is 0 Å². The van der Waals surface area contributed by atoms with Crippen LogP contribution in [0.15, 0.2) is 30.3 Å². The predicted octanol–water partition coefficient (Wildman–Crippen LogP) is 2.84. The number of hydrogen-bond donors (Lipinski definition) is 4. The van der Waals surface area contributed by atoms with E-state index in [1.54, 1.807) is 17.0 Å². The molecule has 13 heteroatoms. The Bertz CT molecular complexity index is 1450. The summed E-state index contributed by atoms with van der Waals surface area (Å²) in [5.41, 5.74) is 6.16. The highest BCUT2D eigenvalue weighted by molar-refractivity contribution is 5.96. The van der Waals surface area contributed by atoms with Crippen LogP contribution in [0.3, 0.4) is 0 Å². The summed E-state index contributed by atoms with van der Waals surface area (Å²) < 4.78 is 0. The lowest BCUT2D eigenvalue weighted by Gasteiger charge is -2.35. The highest BCUT2D eigenvalue weighted by Gasteiger charge is 2.44. The van der Waals surface area contributed by atoms with E-state index >= 15 is 0 Å². The van der Waals surface area contributed by atoms with Crippen molar-refractivity contribution in [2.45, 2.75) is 136 Å². The van der Waals surface area contributed by atoms with Crippen molar-refractivity contribution in [3.05, 3.63) is 35.9 Å². The van der Waals surface area contributed by atoms with Crippen LogP contribution in [0.2, 0.25) is 0 Å². The van der Waals surface area contributed by atoms with Gasteiger partial charge in [-0.05, 0) is 81.3 Å². The number of carbonyl (C=O) groups excluding carboxylic acids is 6. The van der Waals surface area contributed by atoms with Crippen LogP contribution in [-0.4, -0.2) is 111 Å². The van der Waals surface area contributed by atoms with E-state index in [4.69, 9.17) is 5.73 Å². The van der Waals surface area contributed by atoms with Crippen molar-refractivity contribution in [3.8, 4) is 0 Å². The molecule has 5 N–H and O–H groups in total. The summed E-state index contributed by atoms with van der Waals surface area (Å²) in [5.74, 6) is -3.66. The largest absolute Gasteiger partial charge is 0.392 e. The second-order valence-corrected chi connectivity index (χ2v) is 16.1. The van der Waals surface area contributed by atoms with Gasteiger partial charge in [0.05, 0.1) is 12.0 Å². The molecule has 6 amide bonds. The average molecular weight is 739 g/mol. The summed E-state index contributed by atoms with van der Waals surface area (Å²) in [6, 6.07) is 5.45. The molecule has 0 bridgehead atoms. The molecular weight excluding hydrogens is 676 g/mol. The van der Waals surface area contributed by atoms with Gasteiger partial charge < -0.3 is 36.2 Å². The maximum Gasteiger partial charge on any atom is 0.254 e. The van der Waals surface area contributed by atoms with E-state index in [0.717, 1.165) is 12.8 Å². The van der Waals surface area contributed by atoms with Crippen molar-refractivity contribution >= 4 is 35.4 Å². The van der Waals surface area contributed by atoms with Gasteiger partial charge in [-0.3, -0.25) is 28.8 Å². The number of benzene rings is 1. The Morgan fingerprint density at radius 2 is 1.38 bits per heavy atom. The minimum atomic E-state index is -1.05. The number of amides is 6. The zero-order chi connectivity index (χ0) is 39.0. The number of primary amides is 1. The Kier molecular flexibility index (Phi) is 14.8. The highest BCUT2D eigenvalue weighted by atomic mass is 16.3. The fourth-order valence-electron chi connectivity index (χ4n) is 8.19. The molecule has 1 aromatic rings. The Balaban J connectivity index is 1.47. The Morgan fingerprint density at radius 3 is 1.98 bits per heavy atom. The lowest BCUT2D eigenvalue weighted by atomic mass is 9.86. The third kappa shape index (κ3) is 10.2. The van der Waals surface area contributed by atoms with Gasteiger partial charge in [-0.2, -0.15) is 0 Å². The van der Waals surface area contributed by atoms with E-state index in [-0.39, 0.29) is 47.9 Å². The average Bonchev–Trinajstić information content (AvgIpc) is 3.92. The van der Waals surface area contributed by atoms with Crippen molar-refractivity contribution < 1.29 is 33.9 Å². The zero-order valence-electron chi connectivity index (χ0n) is 32.5. The summed E-state index contributed by atoms with van der Waals surface area (Å²) >= 11 is 0. The summed E-state index contributed by atoms with van der Waals surface area (Å²) in [7, 11) is 0. The third-order valence-corrected chi connectivity index (χ3v) is 11.4. The molecule has 3 heterocycles. The number of rotatable bonds is 16. The van der Waals surface area contributed by atoms with E-state index in [2.05, 4.69) is 10.6 Å². The predicted molar refractivity (Wildman–Crippen MR) is 201 cm³/mol. The second kappa shape index (κ2) is 18.9. The zero-order valence-corrected chi connectivity index (χ0v) is 32.5. The second-order valence-electron chi connectivity index (χ2n) is 16.1. The fourth-order valence-corrected chi connectivity index (χ4v) is 8.19. The topological polar surface area (TPSA) is 182 Å². The first kappa shape index (κ1) is 41.8. The Hall–Kier alpha value is -4.00. The molecule has 13 nitrogen and oxygen atoms in total. The van der Waals surface area contributed by atoms with Crippen LogP contribution in [0.5, 0.6) is 0 Å². The molecule has 0 aromatic heterocycles. The van der Waals surface area contributed by atoms with Crippen molar-refractivity contribution in [3.63, 3.8) is 0 Å². The summed E-state index contributed by atoms with van der Waals surface area (Å²) in [6.45, 7) is 12.7. The first-order chi connectivity index (χ1) is 25.2. The number of aliphatic hydroxyl groups excluding tert-OH is 1. The summed E-state index contributed by atoms with van der Waals surface area (Å²) in [4.78, 5) is 86.0. The molecule has 3 aliphatic rings.